The lowest BCUT2D eigenvalue weighted by atomic mass is 9.94. The van der Waals surface area contributed by atoms with Gasteiger partial charge in [-0.2, -0.15) is 0 Å². The van der Waals surface area contributed by atoms with E-state index in [1.54, 1.807) is 26.2 Å². The van der Waals surface area contributed by atoms with Crippen molar-refractivity contribution in [2.75, 3.05) is 26.9 Å². The second kappa shape index (κ2) is 11.0. The van der Waals surface area contributed by atoms with Gasteiger partial charge in [-0.25, -0.2) is 9.79 Å². The van der Waals surface area contributed by atoms with Crippen LogP contribution >= 0.6 is 23.4 Å². The maximum atomic E-state index is 13.1. The molecule has 1 unspecified atom stereocenters. The third-order valence-electron chi connectivity index (χ3n) is 4.98. The minimum absolute atomic E-state index is 0.0721. The zero-order valence-corrected chi connectivity index (χ0v) is 20.3. The molecule has 7 nitrogen and oxygen atoms in total. The maximum absolute atomic E-state index is 13.1. The molecule has 0 saturated heterocycles. The standard InChI is InChI=1S/C23H28ClN3O4S/c1-14(2)12-25-19(28)11-18-13-32-23-26-15(3)20(22(29)31-10-9-30-4)21(27(18)23)16-5-7-17(24)8-6-16/h5-8,13-14,21H,9-12H2,1-4H3,(H,25,28). The van der Waals surface area contributed by atoms with Gasteiger partial charge in [0.05, 0.1) is 30.3 Å². The SMILES string of the molecule is COCCOC(=O)C1=C(C)N=C2SC=C(CC(=O)NCC(C)C)N2C1c1ccc(Cl)cc1. The molecule has 2 aliphatic heterocycles. The number of ether oxygens (including phenoxy) is 2. The first-order valence-corrected chi connectivity index (χ1v) is 11.7. The number of thioether (sulfide) groups is 1. The number of esters is 1. The number of halogens is 1. The number of rotatable bonds is 9. The van der Waals surface area contributed by atoms with Crippen LogP contribution in [-0.4, -0.2) is 48.8 Å². The maximum Gasteiger partial charge on any atom is 0.338 e. The van der Waals surface area contributed by atoms with Crippen LogP contribution in [0.25, 0.3) is 0 Å². The van der Waals surface area contributed by atoms with Crippen LogP contribution in [0, 0.1) is 5.92 Å². The number of nitrogens with one attached hydrogen (secondary N) is 1. The van der Waals surface area contributed by atoms with Gasteiger partial charge in [-0.1, -0.05) is 49.3 Å². The van der Waals surface area contributed by atoms with E-state index in [0.717, 1.165) is 16.4 Å². The normalized spacial score (nSPS) is 17.8. The molecule has 1 aromatic carbocycles. The largest absolute Gasteiger partial charge is 0.460 e. The molecule has 172 valence electrons. The average molecular weight is 478 g/mol. The molecule has 0 saturated carbocycles. The van der Waals surface area contributed by atoms with Gasteiger partial charge in [0.15, 0.2) is 5.17 Å². The van der Waals surface area contributed by atoms with E-state index in [4.69, 9.17) is 21.1 Å². The number of benzene rings is 1. The van der Waals surface area contributed by atoms with Crippen molar-refractivity contribution < 1.29 is 19.1 Å². The molecule has 32 heavy (non-hydrogen) atoms. The van der Waals surface area contributed by atoms with E-state index in [-0.39, 0.29) is 18.9 Å². The topological polar surface area (TPSA) is 80.2 Å². The Morgan fingerprint density at radius 1 is 1.25 bits per heavy atom. The molecule has 1 atom stereocenters. The quantitative estimate of drug-likeness (QED) is 0.422. The van der Waals surface area contributed by atoms with Gasteiger partial charge in [0.1, 0.15) is 6.61 Å². The van der Waals surface area contributed by atoms with Crippen LogP contribution in [0.2, 0.25) is 5.02 Å². The molecule has 0 fully saturated rings. The Balaban J connectivity index is 1.94. The third-order valence-corrected chi connectivity index (χ3v) is 6.12. The predicted octanol–water partition coefficient (Wildman–Crippen LogP) is 4.27. The van der Waals surface area contributed by atoms with E-state index < -0.39 is 12.0 Å². The lowest BCUT2D eigenvalue weighted by Gasteiger charge is -2.36. The number of hydrogen-bond donors (Lipinski definition) is 1. The highest BCUT2D eigenvalue weighted by Crippen LogP contribution is 2.44. The van der Waals surface area contributed by atoms with E-state index in [1.165, 1.54) is 11.8 Å². The van der Waals surface area contributed by atoms with Gasteiger partial charge in [-0.3, -0.25) is 4.79 Å². The number of amidine groups is 1. The molecular weight excluding hydrogens is 450 g/mol. The highest BCUT2D eigenvalue weighted by Gasteiger charge is 2.41. The van der Waals surface area contributed by atoms with Crippen LogP contribution in [0.4, 0.5) is 0 Å². The van der Waals surface area contributed by atoms with Crippen LogP contribution in [0.1, 0.15) is 38.8 Å². The Kier molecular flexibility index (Phi) is 8.39. The Hall–Kier alpha value is -2.29. The van der Waals surface area contributed by atoms with Crippen molar-refractivity contribution in [1.29, 1.82) is 0 Å². The van der Waals surface area contributed by atoms with E-state index >= 15 is 0 Å². The van der Waals surface area contributed by atoms with Crippen LogP contribution < -0.4 is 5.32 Å². The molecule has 1 amide bonds. The molecule has 0 aliphatic carbocycles. The Morgan fingerprint density at radius 3 is 2.62 bits per heavy atom. The van der Waals surface area contributed by atoms with Crippen LogP contribution in [0.5, 0.6) is 0 Å². The molecule has 3 rings (SSSR count). The number of amides is 1. The number of aliphatic imine (C=N–C) groups is 1. The summed E-state index contributed by atoms with van der Waals surface area (Å²) in [5.41, 5.74) is 2.66. The van der Waals surface area contributed by atoms with Gasteiger partial charge < -0.3 is 19.7 Å². The van der Waals surface area contributed by atoms with Gasteiger partial charge in [0.2, 0.25) is 5.91 Å². The van der Waals surface area contributed by atoms with Crippen molar-refractivity contribution in [3.8, 4) is 0 Å². The highest BCUT2D eigenvalue weighted by atomic mass is 35.5. The van der Waals surface area contributed by atoms with Crippen molar-refractivity contribution in [3.05, 3.63) is 57.2 Å². The van der Waals surface area contributed by atoms with Gasteiger partial charge in [-0.15, -0.1) is 0 Å². The minimum Gasteiger partial charge on any atom is -0.460 e. The van der Waals surface area contributed by atoms with Crippen LogP contribution in [0.3, 0.4) is 0 Å². The first-order chi connectivity index (χ1) is 15.3. The summed E-state index contributed by atoms with van der Waals surface area (Å²) in [6.45, 7) is 6.95. The monoisotopic (exact) mass is 477 g/mol. The molecule has 9 heteroatoms. The smallest absolute Gasteiger partial charge is 0.338 e. The fourth-order valence-electron chi connectivity index (χ4n) is 3.43. The highest BCUT2D eigenvalue weighted by molar-refractivity contribution is 8.16. The van der Waals surface area contributed by atoms with Gasteiger partial charge in [0.25, 0.3) is 0 Å². The second-order valence-electron chi connectivity index (χ2n) is 7.95. The number of allylic oxidation sites excluding steroid dienone is 1. The molecular formula is C23H28ClN3O4S. The summed E-state index contributed by atoms with van der Waals surface area (Å²) in [6.07, 6.45) is 0.188. The lowest BCUT2D eigenvalue weighted by Crippen LogP contribution is -2.38. The van der Waals surface area contributed by atoms with Crippen molar-refractivity contribution in [3.63, 3.8) is 0 Å². The summed E-state index contributed by atoms with van der Waals surface area (Å²) in [5, 5.41) is 6.20. The number of methoxy groups -OCH3 is 1. The first-order valence-electron chi connectivity index (χ1n) is 10.4. The molecule has 0 aromatic heterocycles. The number of carbonyl (C=O) groups is 2. The van der Waals surface area contributed by atoms with E-state index in [2.05, 4.69) is 10.3 Å². The van der Waals surface area contributed by atoms with E-state index in [1.807, 2.05) is 36.3 Å². The van der Waals surface area contributed by atoms with Crippen molar-refractivity contribution >= 4 is 40.4 Å². The summed E-state index contributed by atoms with van der Waals surface area (Å²) < 4.78 is 10.4. The van der Waals surface area contributed by atoms with E-state index in [9.17, 15) is 9.59 Å². The minimum atomic E-state index is -0.478. The summed E-state index contributed by atoms with van der Waals surface area (Å²) in [6, 6.07) is 6.85. The molecule has 0 radical (unpaired) electrons. The fourth-order valence-corrected chi connectivity index (χ4v) is 4.52. The first kappa shape index (κ1) is 24.4. The van der Waals surface area contributed by atoms with Gasteiger partial charge >= 0.3 is 5.97 Å². The molecule has 1 N–H and O–H groups in total. The number of carbonyl (C=O) groups excluding carboxylic acids is 2. The summed E-state index contributed by atoms with van der Waals surface area (Å²) >= 11 is 7.55. The number of fused-ring (bicyclic) bond motifs is 1. The average Bonchev–Trinajstić information content (AvgIpc) is 3.14. The van der Waals surface area contributed by atoms with Gasteiger partial charge in [0, 0.05) is 24.4 Å². The Bertz CT molecular complexity index is 956. The zero-order valence-electron chi connectivity index (χ0n) is 18.7. The molecule has 0 bridgehead atoms. The third kappa shape index (κ3) is 5.74. The van der Waals surface area contributed by atoms with Crippen molar-refractivity contribution in [2.45, 2.75) is 33.2 Å². The predicted molar refractivity (Wildman–Crippen MR) is 127 cm³/mol. The molecule has 2 aliphatic rings. The zero-order chi connectivity index (χ0) is 23.3. The molecule has 0 spiro atoms. The molecule has 2 heterocycles. The lowest BCUT2D eigenvalue weighted by molar-refractivity contribution is -0.141. The van der Waals surface area contributed by atoms with Crippen LogP contribution in [-0.2, 0) is 19.1 Å². The number of hydrogen-bond acceptors (Lipinski definition) is 7. The second-order valence-corrected chi connectivity index (χ2v) is 9.22. The number of nitrogens with zero attached hydrogens (tertiary/aromatic N) is 2. The summed E-state index contributed by atoms with van der Waals surface area (Å²) in [5.74, 6) is -0.168. The van der Waals surface area contributed by atoms with Crippen molar-refractivity contribution in [2.24, 2.45) is 10.9 Å². The Labute approximate surface area is 197 Å². The summed E-state index contributed by atoms with van der Waals surface area (Å²) in [4.78, 5) is 32.2. The van der Waals surface area contributed by atoms with Crippen LogP contribution in [0.15, 0.2) is 51.6 Å². The van der Waals surface area contributed by atoms with E-state index in [0.29, 0.717) is 35.4 Å². The van der Waals surface area contributed by atoms with Crippen molar-refractivity contribution in [1.82, 2.24) is 10.2 Å². The Morgan fingerprint density at radius 2 is 1.97 bits per heavy atom. The summed E-state index contributed by atoms with van der Waals surface area (Å²) in [7, 11) is 1.55. The molecule has 1 aromatic rings. The van der Waals surface area contributed by atoms with Gasteiger partial charge in [-0.05, 0) is 35.9 Å². The fraction of sp³-hybridized carbons (Fsp3) is 0.435.